The highest BCUT2D eigenvalue weighted by Crippen LogP contribution is 2.68. The number of amides is 1. The van der Waals surface area contributed by atoms with Gasteiger partial charge in [0.05, 0.1) is 5.75 Å². The molecule has 3 nitrogen and oxygen atoms in total. The molecule has 1 amide bonds. The molecule has 72 valence electrons. The minimum Gasteiger partial charge on any atom is -0.358 e. The molecule has 1 atom stereocenters. The van der Waals surface area contributed by atoms with Crippen LogP contribution in [0.2, 0.25) is 0 Å². The van der Waals surface area contributed by atoms with E-state index >= 15 is 0 Å². The van der Waals surface area contributed by atoms with Gasteiger partial charge in [-0.05, 0) is 18.1 Å². The first-order valence-corrected chi connectivity index (χ1v) is 9.28. The Balaban J connectivity index is 3.89. The Kier molecular flexibility index (Phi) is 6.67. The van der Waals surface area contributed by atoms with Gasteiger partial charge in [-0.15, -0.1) is 0 Å². The van der Waals surface area contributed by atoms with Gasteiger partial charge in [0.2, 0.25) is 5.91 Å². The van der Waals surface area contributed by atoms with Crippen molar-refractivity contribution in [3.63, 3.8) is 0 Å². The minimum atomic E-state index is -1.84. The Labute approximate surface area is 86.0 Å². The van der Waals surface area contributed by atoms with Crippen molar-refractivity contribution in [3.05, 3.63) is 0 Å². The molecular weight excluding hydrogens is 233 g/mol. The molecule has 0 rings (SSSR count). The lowest BCUT2D eigenvalue weighted by atomic mass is 10.7. The predicted molar refractivity (Wildman–Crippen MR) is 61.3 cm³/mol. The molecule has 0 aliphatic rings. The van der Waals surface area contributed by atoms with Gasteiger partial charge in [0, 0.05) is 14.2 Å². The van der Waals surface area contributed by atoms with Crippen LogP contribution in [0, 0.1) is 0 Å². The van der Waals surface area contributed by atoms with Crippen molar-refractivity contribution in [2.45, 2.75) is 0 Å². The first-order valence-electron chi connectivity index (χ1n) is 3.14. The van der Waals surface area contributed by atoms with Crippen LogP contribution < -0.4 is 5.32 Å². The van der Waals surface area contributed by atoms with E-state index in [1.807, 2.05) is 6.26 Å². The summed E-state index contributed by atoms with van der Waals surface area (Å²) in [5.41, 5.74) is 0. The SMILES string of the molecule is CNC(=O)CSP(=S)(OC)SC. The predicted octanol–water partition coefficient (Wildman–Crippen LogP) is 1.70. The van der Waals surface area contributed by atoms with Crippen LogP contribution in [-0.4, -0.2) is 32.1 Å². The number of carbonyl (C=O) groups is 1. The molecule has 0 radical (unpaired) electrons. The Hall–Kier alpha value is 0.780. The zero-order chi connectivity index (χ0) is 9.61. The number of carbonyl (C=O) groups excluding carboxylic acids is 1. The number of nitrogens with one attached hydrogen (secondary N) is 1. The molecule has 1 N–H and O–H groups in total. The van der Waals surface area contributed by atoms with Crippen LogP contribution in [0.25, 0.3) is 0 Å². The van der Waals surface area contributed by atoms with Crippen LogP contribution in [0.3, 0.4) is 0 Å². The van der Waals surface area contributed by atoms with Crippen molar-refractivity contribution in [1.29, 1.82) is 0 Å². The largest absolute Gasteiger partial charge is 0.358 e. The molecule has 0 spiro atoms. The lowest BCUT2D eigenvalue weighted by Crippen LogP contribution is -2.19. The molecule has 12 heavy (non-hydrogen) atoms. The fourth-order valence-corrected chi connectivity index (χ4v) is 4.97. The third kappa shape index (κ3) is 4.72. The summed E-state index contributed by atoms with van der Waals surface area (Å²) in [6.45, 7) is 0. The highest BCUT2D eigenvalue weighted by Gasteiger charge is 2.16. The van der Waals surface area contributed by atoms with Gasteiger partial charge in [0.1, 0.15) is 0 Å². The minimum absolute atomic E-state index is 0.0136. The monoisotopic (exact) mass is 245 g/mol. The Morgan fingerprint density at radius 3 is 2.67 bits per heavy atom. The second-order valence-electron chi connectivity index (χ2n) is 1.76. The number of hydrogen-bond acceptors (Lipinski definition) is 5. The van der Waals surface area contributed by atoms with Gasteiger partial charge in [0.25, 0.3) is 0 Å². The van der Waals surface area contributed by atoms with Crippen LogP contribution in [0.4, 0.5) is 0 Å². The van der Waals surface area contributed by atoms with E-state index in [4.69, 9.17) is 16.3 Å². The molecule has 0 aromatic carbocycles. The van der Waals surface area contributed by atoms with Gasteiger partial charge in [-0.25, -0.2) is 0 Å². The fourth-order valence-electron chi connectivity index (χ4n) is 0.390. The molecule has 0 aliphatic heterocycles. The van der Waals surface area contributed by atoms with E-state index < -0.39 is 4.67 Å². The average Bonchev–Trinajstić information content (AvgIpc) is 2.13. The lowest BCUT2D eigenvalue weighted by Gasteiger charge is -2.15. The molecule has 7 heteroatoms. The Bertz CT molecular complexity index is 191. The maximum atomic E-state index is 10.9. The van der Waals surface area contributed by atoms with Crippen LogP contribution in [-0.2, 0) is 21.1 Å². The van der Waals surface area contributed by atoms with Crippen LogP contribution in [0.15, 0.2) is 0 Å². The summed E-state index contributed by atoms with van der Waals surface area (Å²) in [4.78, 5) is 10.9. The zero-order valence-corrected chi connectivity index (χ0v) is 10.5. The molecule has 0 bridgehead atoms. The Morgan fingerprint density at radius 2 is 2.33 bits per heavy atom. The van der Waals surface area contributed by atoms with E-state index in [1.165, 1.54) is 22.8 Å². The summed E-state index contributed by atoms with van der Waals surface area (Å²) in [6, 6.07) is 0. The first kappa shape index (κ1) is 12.8. The van der Waals surface area contributed by atoms with Gasteiger partial charge >= 0.3 is 0 Å². The van der Waals surface area contributed by atoms with E-state index in [1.54, 1.807) is 14.2 Å². The molecule has 0 saturated carbocycles. The molecule has 0 aromatic rings. The number of rotatable bonds is 5. The maximum Gasteiger partial charge on any atom is 0.230 e. The summed E-state index contributed by atoms with van der Waals surface area (Å²) in [6.07, 6.45) is 1.90. The highest BCUT2D eigenvalue weighted by atomic mass is 33.2. The second-order valence-corrected chi connectivity index (χ2v) is 12.5. The standard InChI is InChI=1S/C5H12NO2PS3/c1-6-5(7)4-12-9(10,8-2)11-3/h4H2,1-3H3,(H,6,7). The summed E-state index contributed by atoms with van der Waals surface area (Å²) in [5, 5.41) is 2.53. The normalized spacial score (nSPS) is 15.2. The smallest absolute Gasteiger partial charge is 0.230 e. The maximum absolute atomic E-state index is 10.9. The van der Waals surface area contributed by atoms with Gasteiger partial charge < -0.3 is 9.84 Å². The van der Waals surface area contributed by atoms with Crippen molar-refractivity contribution in [2.75, 3.05) is 26.2 Å². The third-order valence-electron chi connectivity index (χ3n) is 1.08. The molecular formula is C5H12NO2PS3. The molecule has 1 unspecified atom stereocenters. The summed E-state index contributed by atoms with van der Waals surface area (Å²) < 4.78 is 3.31. The summed E-state index contributed by atoms with van der Waals surface area (Å²) >= 11 is 8.13. The summed E-state index contributed by atoms with van der Waals surface area (Å²) in [7, 11) is 3.20. The van der Waals surface area contributed by atoms with Crippen molar-refractivity contribution >= 4 is 45.1 Å². The van der Waals surface area contributed by atoms with Gasteiger partial charge in [-0.3, -0.25) is 4.79 Å². The average molecular weight is 245 g/mol. The molecule has 0 aliphatic carbocycles. The van der Waals surface area contributed by atoms with Crippen LogP contribution in [0.1, 0.15) is 0 Å². The number of hydrogen-bond donors (Lipinski definition) is 1. The van der Waals surface area contributed by atoms with Crippen LogP contribution >= 0.6 is 27.4 Å². The van der Waals surface area contributed by atoms with Crippen molar-refractivity contribution in [2.24, 2.45) is 0 Å². The van der Waals surface area contributed by atoms with E-state index in [9.17, 15) is 4.79 Å². The second kappa shape index (κ2) is 6.27. The third-order valence-corrected chi connectivity index (χ3v) is 11.3. The summed E-state index contributed by atoms with van der Waals surface area (Å²) in [5.74, 6) is 0.364. The molecule has 0 fully saturated rings. The van der Waals surface area contributed by atoms with E-state index in [0.717, 1.165) is 0 Å². The highest BCUT2D eigenvalue weighted by molar-refractivity contribution is 8.99. The van der Waals surface area contributed by atoms with Gasteiger partial charge in [-0.1, -0.05) is 22.8 Å². The first-order chi connectivity index (χ1) is 5.58. The topological polar surface area (TPSA) is 38.3 Å². The molecule has 0 aromatic heterocycles. The fraction of sp³-hybridized carbons (Fsp3) is 0.800. The molecule has 0 saturated heterocycles. The molecule has 0 heterocycles. The zero-order valence-electron chi connectivity index (χ0n) is 7.20. The van der Waals surface area contributed by atoms with Crippen molar-refractivity contribution in [1.82, 2.24) is 5.32 Å². The van der Waals surface area contributed by atoms with Crippen LogP contribution in [0.5, 0.6) is 0 Å². The lowest BCUT2D eigenvalue weighted by molar-refractivity contribution is -0.118. The quantitative estimate of drug-likeness (QED) is 0.746. The van der Waals surface area contributed by atoms with Gasteiger partial charge in [0.15, 0.2) is 4.67 Å². The van der Waals surface area contributed by atoms with E-state index in [0.29, 0.717) is 5.75 Å². The van der Waals surface area contributed by atoms with E-state index in [2.05, 4.69) is 5.32 Å². The van der Waals surface area contributed by atoms with Crippen molar-refractivity contribution in [3.8, 4) is 0 Å². The van der Waals surface area contributed by atoms with Crippen molar-refractivity contribution < 1.29 is 9.32 Å². The van der Waals surface area contributed by atoms with E-state index in [-0.39, 0.29) is 5.91 Å². The van der Waals surface area contributed by atoms with Gasteiger partial charge in [-0.2, -0.15) is 0 Å². The Morgan fingerprint density at radius 1 is 1.75 bits per heavy atom.